The standard InChI is InChI=1S/C10H15BO4/c12-9-5-8(11(13)14)6-10(7-9)1-3-15-4-2-10/h5,13-14H,1-4,6-7H2. The number of hydrogen-bond acceptors (Lipinski definition) is 4. The van der Waals surface area contributed by atoms with Crippen LogP contribution >= 0.6 is 0 Å². The molecule has 0 atom stereocenters. The van der Waals surface area contributed by atoms with Crippen LogP contribution in [0.4, 0.5) is 0 Å². The lowest BCUT2D eigenvalue weighted by Gasteiger charge is -2.39. The van der Waals surface area contributed by atoms with Gasteiger partial charge in [0.2, 0.25) is 0 Å². The molecule has 2 N–H and O–H groups in total. The van der Waals surface area contributed by atoms with E-state index >= 15 is 0 Å². The van der Waals surface area contributed by atoms with E-state index in [1.165, 1.54) is 6.08 Å². The fraction of sp³-hybridized carbons (Fsp3) is 0.700. The van der Waals surface area contributed by atoms with Gasteiger partial charge < -0.3 is 14.8 Å². The number of hydrogen-bond donors (Lipinski definition) is 2. The molecule has 1 saturated heterocycles. The van der Waals surface area contributed by atoms with Gasteiger partial charge >= 0.3 is 7.12 Å². The van der Waals surface area contributed by atoms with E-state index in [9.17, 15) is 4.79 Å². The van der Waals surface area contributed by atoms with Crippen molar-refractivity contribution in [2.45, 2.75) is 25.7 Å². The van der Waals surface area contributed by atoms with E-state index < -0.39 is 7.12 Å². The van der Waals surface area contributed by atoms with Crippen LogP contribution in [0.25, 0.3) is 0 Å². The van der Waals surface area contributed by atoms with E-state index in [0.717, 1.165) is 12.8 Å². The number of ketones is 1. The third-order valence-electron chi connectivity index (χ3n) is 3.36. The summed E-state index contributed by atoms with van der Waals surface area (Å²) in [6.07, 6.45) is 4.18. The maximum atomic E-state index is 11.5. The van der Waals surface area contributed by atoms with Gasteiger partial charge in [0.1, 0.15) is 0 Å². The molecule has 0 unspecified atom stereocenters. The van der Waals surface area contributed by atoms with Gasteiger partial charge in [-0.3, -0.25) is 4.79 Å². The third-order valence-corrected chi connectivity index (χ3v) is 3.36. The van der Waals surface area contributed by atoms with E-state index in [0.29, 0.717) is 31.5 Å². The van der Waals surface area contributed by atoms with Gasteiger partial charge in [0.05, 0.1) is 0 Å². The van der Waals surface area contributed by atoms with Crippen LogP contribution < -0.4 is 0 Å². The van der Waals surface area contributed by atoms with Gasteiger partial charge in [-0.25, -0.2) is 0 Å². The highest BCUT2D eigenvalue weighted by Gasteiger charge is 2.39. The predicted octanol–water partition coefficient (Wildman–Crippen LogP) is 0.0845. The van der Waals surface area contributed by atoms with Crippen LogP contribution in [-0.2, 0) is 9.53 Å². The SMILES string of the molecule is O=C1C=C(B(O)O)CC2(CCOCC2)C1. The smallest absolute Gasteiger partial charge is 0.423 e. The van der Waals surface area contributed by atoms with Crippen LogP contribution in [0.1, 0.15) is 25.7 Å². The second-order valence-corrected chi connectivity index (χ2v) is 4.53. The molecule has 0 bridgehead atoms. The Morgan fingerprint density at radius 2 is 1.93 bits per heavy atom. The second-order valence-electron chi connectivity index (χ2n) is 4.53. The van der Waals surface area contributed by atoms with Gasteiger partial charge in [-0.1, -0.05) is 0 Å². The molecular weight excluding hydrogens is 195 g/mol. The highest BCUT2D eigenvalue weighted by molar-refractivity contribution is 6.51. The van der Waals surface area contributed by atoms with Gasteiger partial charge in [0.15, 0.2) is 5.78 Å². The molecule has 0 aromatic carbocycles. The number of allylic oxidation sites excluding steroid dienone is 2. The van der Waals surface area contributed by atoms with E-state index in [2.05, 4.69) is 0 Å². The Balaban J connectivity index is 2.16. The Morgan fingerprint density at radius 1 is 1.27 bits per heavy atom. The van der Waals surface area contributed by atoms with Crippen molar-refractivity contribution < 1.29 is 19.6 Å². The third kappa shape index (κ3) is 2.30. The summed E-state index contributed by atoms with van der Waals surface area (Å²) in [6.45, 7) is 1.34. The molecule has 0 amide bonds. The maximum absolute atomic E-state index is 11.5. The van der Waals surface area contributed by atoms with E-state index in [4.69, 9.17) is 14.8 Å². The van der Waals surface area contributed by atoms with E-state index in [-0.39, 0.29) is 11.2 Å². The average molecular weight is 210 g/mol. The normalized spacial score (nSPS) is 25.2. The monoisotopic (exact) mass is 210 g/mol. The number of carbonyl (C=O) groups excluding carboxylic acids is 1. The summed E-state index contributed by atoms with van der Waals surface area (Å²) in [5.41, 5.74) is 0.372. The first-order chi connectivity index (χ1) is 7.11. The van der Waals surface area contributed by atoms with Crippen molar-refractivity contribution in [3.63, 3.8) is 0 Å². The highest BCUT2D eigenvalue weighted by atomic mass is 16.5. The molecule has 0 aromatic heterocycles. The van der Waals surface area contributed by atoms with Gasteiger partial charge in [-0.2, -0.15) is 0 Å². The Morgan fingerprint density at radius 3 is 2.53 bits per heavy atom. The van der Waals surface area contributed by atoms with Crippen LogP contribution in [0.15, 0.2) is 11.5 Å². The molecule has 1 aliphatic carbocycles. The summed E-state index contributed by atoms with van der Waals surface area (Å²) in [7, 11) is -1.49. The summed E-state index contributed by atoms with van der Waals surface area (Å²) in [5, 5.41) is 18.2. The maximum Gasteiger partial charge on any atom is 0.484 e. The minimum absolute atomic E-state index is 0.00579. The predicted molar refractivity (Wildman–Crippen MR) is 55.0 cm³/mol. The fourth-order valence-corrected chi connectivity index (χ4v) is 2.50. The quantitative estimate of drug-likeness (QED) is 0.601. The zero-order chi connectivity index (χ0) is 10.9. The first-order valence-corrected chi connectivity index (χ1v) is 5.29. The second kappa shape index (κ2) is 4.08. The van der Waals surface area contributed by atoms with Gasteiger partial charge in [0.25, 0.3) is 0 Å². The lowest BCUT2D eigenvalue weighted by Crippen LogP contribution is -2.37. The van der Waals surface area contributed by atoms with Crippen molar-refractivity contribution in [3.8, 4) is 0 Å². The molecule has 0 radical (unpaired) electrons. The fourth-order valence-electron chi connectivity index (χ4n) is 2.50. The number of ether oxygens (including phenoxy) is 1. The molecule has 2 aliphatic rings. The number of carbonyl (C=O) groups is 1. The summed E-state index contributed by atoms with van der Waals surface area (Å²) >= 11 is 0. The Bertz CT molecular complexity index is 292. The molecule has 0 saturated carbocycles. The van der Waals surface area contributed by atoms with Gasteiger partial charge in [-0.05, 0) is 36.2 Å². The summed E-state index contributed by atoms with van der Waals surface area (Å²) < 4.78 is 5.27. The van der Waals surface area contributed by atoms with Crippen LogP contribution in [0, 0.1) is 5.41 Å². The first kappa shape index (κ1) is 10.9. The summed E-state index contributed by atoms with van der Waals surface area (Å²) in [4.78, 5) is 11.5. The van der Waals surface area contributed by atoms with E-state index in [1.54, 1.807) is 0 Å². The zero-order valence-corrected chi connectivity index (χ0v) is 8.61. The Labute approximate surface area is 89.1 Å². The molecule has 4 nitrogen and oxygen atoms in total. The largest absolute Gasteiger partial charge is 0.484 e. The van der Waals surface area contributed by atoms with Crippen LogP contribution in [0.3, 0.4) is 0 Å². The van der Waals surface area contributed by atoms with Gasteiger partial charge in [0, 0.05) is 19.6 Å². The molecule has 2 rings (SSSR count). The topological polar surface area (TPSA) is 66.8 Å². The minimum atomic E-state index is -1.49. The van der Waals surface area contributed by atoms with Gasteiger partial charge in [-0.15, -0.1) is 0 Å². The van der Waals surface area contributed by atoms with Crippen molar-refractivity contribution in [3.05, 3.63) is 11.5 Å². The molecule has 1 spiro atoms. The lowest BCUT2D eigenvalue weighted by atomic mass is 9.61. The molecule has 1 fully saturated rings. The van der Waals surface area contributed by atoms with Crippen LogP contribution in [-0.4, -0.2) is 36.2 Å². The lowest BCUT2D eigenvalue weighted by molar-refractivity contribution is -0.119. The molecular formula is C10H15BO4. The van der Waals surface area contributed by atoms with Crippen molar-refractivity contribution >= 4 is 12.9 Å². The van der Waals surface area contributed by atoms with Crippen molar-refractivity contribution in [1.29, 1.82) is 0 Å². The Hall–Kier alpha value is -0.645. The average Bonchev–Trinajstić information content (AvgIpc) is 2.17. The minimum Gasteiger partial charge on any atom is -0.423 e. The molecule has 82 valence electrons. The van der Waals surface area contributed by atoms with Crippen molar-refractivity contribution in [2.24, 2.45) is 5.41 Å². The molecule has 5 heteroatoms. The van der Waals surface area contributed by atoms with Crippen LogP contribution in [0.2, 0.25) is 0 Å². The number of rotatable bonds is 1. The molecule has 0 aromatic rings. The van der Waals surface area contributed by atoms with E-state index in [1.807, 2.05) is 0 Å². The molecule has 15 heavy (non-hydrogen) atoms. The first-order valence-electron chi connectivity index (χ1n) is 5.29. The molecule has 1 aliphatic heterocycles. The van der Waals surface area contributed by atoms with Crippen LogP contribution in [0.5, 0.6) is 0 Å². The zero-order valence-electron chi connectivity index (χ0n) is 8.61. The summed E-state index contributed by atoms with van der Waals surface area (Å²) in [6, 6.07) is 0. The Kier molecular flexibility index (Phi) is 2.95. The highest BCUT2D eigenvalue weighted by Crippen LogP contribution is 2.43. The van der Waals surface area contributed by atoms with Crippen molar-refractivity contribution in [1.82, 2.24) is 0 Å². The molecule has 1 heterocycles. The van der Waals surface area contributed by atoms with Crippen molar-refractivity contribution in [2.75, 3.05) is 13.2 Å². The summed E-state index contributed by atoms with van der Waals surface area (Å²) in [5.74, 6) is 0.00579.